The summed E-state index contributed by atoms with van der Waals surface area (Å²) in [6.45, 7) is 1.98. The summed E-state index contributed by atoms with van der Waals surface area (Å²) in [4.78, 5) is 0.744. The van der Waals surface area contributed by atoms with Gasteiger partial charge in [-0.1, -0.05) is 23.7 Å². The summed E-state index contributed by atoms with van der Waals surface area (Å²) >= 11 is 7.46. The van der Waals surface area contributed by atoms with E-state index in [1.165, 1.54) is 11.3 Å². The van der Waals surface area contributed by atoms with Crippen LogP contribution in [-0.4, -0.2) is 12.2 Å². The molecule has 2 aromatic rings. The van der Waals surface area contributed by atoms with E-state index in [0.29, 0.717) is 10.8 Å². The second-order valence-corrected chi connectivity index (χ2v) is 5.14. The molecule has 0 spiro atoms. The normalized spacial score (nSPS) is 12.5. The molecule has 0 amide bonds. The molecule has 1 atom stereocenters. The van der Waals surface area contributed by atoms with Gasteiger partial charge in [0, 0.05) is 5.56 Å². The van der Waals surface area contributed by atoms with Crippen LogP contribution >= 0.6 is 22.9 Å². The molecule has 17 heavy (non-hydrogen) atoms. The summed E-state index contributed by atoms with van der Waals surface area (Å²) in [5.74, 6) is 0.682. The van der Waals surface area contributed by atoms with Crippen molar-refractivity contribution in [3.8, 4) is 5.75 Å². The van der Waals surface area contributed by atoms with E-state index in [1.807, 2.05) is 30.5 Å². The number of ether oxygens (including phenoxy) is 1. The molecule has 1 N–H and O–H groups in total. The van der Waals surface area contributed by atoms with Crippen molar-refractivity contribution in [2.45, 2.75) is 13.0 Å². The summed E-state index contributed by atoms with van der Waals surface area (Å²) < 4.78 is 5.29. The molecule has 1 aromatic carbocycles. The minimum atomic E-state index is -0.738. The van der Waals surface area contributed by atoms with Gasteiger partial charge in [-0.15, -0.1) is 11.3 Å². The van der Waals surface area contributed by atoms with E-state index in [-0.39, 0.29) is 0 Å². The van der Waals surface area contributed by atoms with Gasteiger partial charge in [0.05, 0.1) is 17.0 Å². The molecule has 0 aliphatic rings. The van der Waals surface area contributed by atoms with Gasteiger partial charge in [0.25, 0.3) is 0 Å². The zero-order valence-electron chi connectivity index (χ0n) is 9.61. The van der Waals surface area contributed by atoms with Crippen molar-refractivity contribution >= 4 is 22.9 Å². The summed E-state index contributed by atoms with van der Waals surface area (Å²) in [6, 6.07) is 7.50. The molecular formula is C13H13ClO2S. The minimum absolute atomic E-state index is 0.588. The van der Waals surface area contributed by atoms with Crippen molar-refractivity contribution in [1.29, 1.82) is 0 Å². The van der Waals surface area contributed by atoms with Gasteiger partial charge in [-0.25, -0.2) is 0 Å². The first-order chi connectivity index (χ1) is 8.13. The van der Waals surface area contributed by atoms with Crippen LogP contribution in [0.4, 0.5) is 0 Å². The van der Waals surface area contributed by atoms with Crippen molar-refractivity contribution < 1.29 is 9.84 Å². The Hall–Kier alpha value is -1.03. The molecule has 2 nitrogen and oxygen atoms in total. The van der Waals surface area contributed by atoms with E-state index < -0.39 is 6.10 Å². The fraction of sp³-hybridized carbons (Fsp3) is 0.231. The van der Waals surface area contributed by atoms with Gasteiger partial charge in [0.1, 0.15) is 11.9 Å². The number of methoxy groups -OCH3 is 1. The van der Waals surface area contributed by atoms with Gasteiger partial charge in [-0.05, 0) is 30.0 Å². The fourth-order valence-corrected chi connectivity index (χ4v) is 2.85. The lowest BCUT2D eigenvalue weighted by Crippen LogP contribution is -2.01. The third kappa shape index (κ3) is 2.46. The Morgan fingerprint density at radius 3 is 2.71 bits per heavy atom. The predicted molar refractivity (Wildman–Crippen MR) is 71.1 cm³/mol. The lowest BCUT2D eigenvalue weighted by molar-refractivity contribution is 0.218. The highest BCUT2D eigenvalue weighted by molar-refractivity contribution is 7.10. The number of rotatable bonds is 3. The van der Waals surface area contributed by atoms with Gasteiger partial charge >= 0.3 is 0 Å². The number of hydrogen-bond donors (Lipinski definition) is 1. The third-order valence-electron chi connectivity index (χ3n) is 2.58. The van der Waals surface area contributed by atoms with E-state index in [0.717, 1.165) is 16.0 Å². The maximum absolute atomic E-state index is 10.3. The van der Waals surface area contributed by atoms with Crippen molar-refractivity contribution in [2.24, 2.45) is 0 Å². The number of thiophene rings is 1. The summed E-state index contributed by atoms with van der Waals surface area (Å²) in [6.07, 6.45) is -0.738. The Labute approximate surface area is 109 Å². The van der Waals surface area contributed by atoms with Crippen LogP contribution < -0.4 is 4.74 Å². The minimum Gasteiger partial charge on any atom is -0.496 e. The van der Waals surface area contributed by atoms with Gasteiger partial charge in [0.2, 0.25) is 0 Å². The Kier molecular flexibility index (Phi) is 3.72. The predicted octanol–water partition coefficient (Wildman–Crippen LogP) is 3.80. The molecule has 1 unspecified atom stereocenters. The zero-order valence-corrected chi connectivity index (χ0v) is 11.2. The van der Waals surface area contributed by atoms with Crippen LogP contribution in [0, 0.1) is 6.92 Å². The Morgan fingerprint density at radius 2 is 2.12 bits per heavy atom. The lowest BCUT2D eigenvalue weighted by atomic mass is 10.0. The largest absolute Gasteiger partial charge is 0.496 e. The molecule has 0 aliphatic carbocycles. The van der Waals surface area contributed by atoms with Crippen LogP contribution in [0.5, 0.6) is 5.75 Å². The van der Waals surface area contributed by atoms with Gasteiger partial charge in [-0.2, -0.15) is 0 Å². The molecule has 0 fully saturated rings. The molecule has 4 heteroatoms. The maximum Gasteiger partial charge on any atom is 0.125 e. The fourth-order valence-electron chi connectivity index (χ4n) is 1.69. The van der Waals surface area contributed by atoms with Crippen LogP contribution in [-0.2, 0) is 0 Å². The highest BCUT2D eigenvalue weighted by atomic mass is 35.5. The molecule has 0 aliphatic heterocycles. The number of hydrogen-bond acceptors (Lipinski definition) is 3. The quantitative estimate of drug-likeness (QED) is 0.917. The maximum atomic E-state index is 10.3. The summed E-state index contributed by atoms with van der Waals surface area (Å²) in [7, 11) is 1.60. The van der Waals surface area contributed by atoms with E-state index in [4.69, 9.17) is 16.3 Å². The van der Waals surface area contributed by atoms with Crippen molar-refractivity contribution in [3.63, 3.8) is 0 Å². The molecule has 0 bridgehead atoms. The zero-order chi connectivity index (χ0) is 12.4. The Balaban J connectivity index is 2.44. The van der Waals surface area contributed by atoms with Crippen molar-refractivity contribution in [1.82, 2.24) is 0 Å². The molecule has 0 saturated carbocycles. The topological polar surface area (TPSA) is 29.5 Å². The number of aliphatic hydroxyl groups excluding tert-OH is 1. The first-order valence-corrected chi connectivity index (χ1v) is 6.44. The van der Waals surface area contributed by atoms with Crippen LogP contribution in [0.2, 0.25) is 5.02 Å². The second kappa shape index (κ2) is 5.08. The first kappa shape index (κ1) is 12.4. The highest BCUT2D eigenvalue weighted by Crippen LogP contribution is 2.36. The summed E-state index contributed by atoms with van der Waals surface area (Å²) in [5.41, 5.74) is 1.83. The molecule has 0 saturated heterocycles. The van der Waals surface area contributed by atoms with Crippen molar-refractivity contribution in [3.05, 3.63) is 50.7 Å². The lowest BCUT2D eigenvalue weighted by Gasteiger charge is -2.14. The van der Waals surface area contributed by atoms with Crippen molar-refractivity contribution in [2.75, 3.05) is 7.11 Å². The first-order valence-electron chi connectivity index (χ1n) is 5.19. The third-order valence-corrected chi connectivity index (χ3v) is 3.99. The Bertz CT molecular complexity index is 522. The van der Waals surface area contributed by atoms with E-state index >= 15 is 0 Å². The van der Waals surface area contributed by atoms with Crippen LogP contribution in [0.25, 0.3) is 0 Å². The molecular weight excluding hydrogens is 256 g/mol. The van der Waals surface area contributed by atoms with Gasteiger partial charge in [0.15, 0.2) is 0 Å². The molecule has 90 valence electrons. The smallest absolute Gasteiger partial charge is 0.125 e. The molecule has 0 radical (unpaired) electrons. The summed E-state index contributed by atoms with van der Waals surface area (Å²) in [5, 5.41) is 12.8. The van der Waals surface area contributed by atoms with Crippen LogP contribution in [0.15, 0.2) is 29.6 Å². The number of aryl methyl sites for hydroxylation is 1. The average molecular weight is 269 g/mol. The number of aliphatic hydroxyl groups is 1. The SMILES string of the molecule is COc1cc(C)ccc1C(O)c1sccc1Cl. The number of halogens is 1. The highest BCUT2D eigenvalue weighted by Gasteiger charge is 2.19. The number of benzene rings is 1. The van der Waals surface area contributed by atoms with Crippen LogP contribution in [0.1, 0.15) is 22.1 Å². The second-order valence-electron chi connectivity index (χ2n) is 3.78. The Morgan fingerprint density at radius 1 is 1.35 bits per heavy atom. The standard InChI is InChI=1S/C13H13ClO2S/c1-8-3-4-9(11(7-8)16-2)12(15)13-10(14)5-6-17-13/h3-7,12,15H,1-2H3. The van der Waals surface area contributed by atoms with Gasteiger partial charge < -0.3 is 9.84 Å². The van der Waals surface area contributed by atoms with E-state index in [9.17, 15) is 5.11 Å². The molecule has 1 heterocycles. The van der Waals surface area contributed by atoms with Crippen LogP contribution in [0.3, 0.4) is 0 Å². The molecule has 1 aromatic heterocycles. The monoisotopic (exact) mass is 268 g/mol. The average Bonchev–Trinajstić information content (AvgIpc) is 2.74. The molecule has 2 rings (SSSR count). The van der Waals surface area contributed by atoms with Gasteiger partial charge in [-0.3, -0.25) is 0 Å². The van der Waals surface area contributed by atoms with E-state index in [2.05, 4.69) is 0 Å². The van der Waals surface area contributed by atoms with E-state index in [1.54, 1.807) is 13.2 Å².